The van der Waals surface area contributed by atoms with E-state index in [-0.39, 0.29) is 17.6 Å². The average Bonchev–Trinajstić information content (AvgIpc) is 2.72. The monoisotopic (exact) mass is 394 g/mol. The number of hydrogen-bond donors (Lipinski definition) is 1. The number of hydrogen-bond acceptors (Lipinski definition) is 4. The van der Waals surface area contributed by atoms with Gasteiger partial charge in [-0.15, -0.1) is 0 Å². The maximum atomic E-state index is 12.8. The van der Waals surface area contributed by atoms with Crippen LogP contribution in [-0.4, -0.2) is 41.2 Å². The zero-order valence-corrected chi connectivity index (χ0v) is 16.8. The van der Waals surface area contributed by atoms with E-state index in [1.54, 1.807) is 36.1 Å². The fraction of sp³-hybridized carbons (Fsp3) is 0.348. The van der Waals surface area contributed by atoms with Gasteiger partial charge in [-0.25, -0.2) is 0 Å². The Hall–Kier alpha value is -3.15. The Morgan fingerprint density at radius 3 is 2.66 bits per heavy atom. The van der Waals surface area contributed by atoms with Crippen molar-refractivity contribution < 1.29 is 19.1 Å². The molecule has 0 saturated carbocycles. The summed E-state index contributed by atoms with van der Waals surface area (Å²) in [6, 6.07) is 16.0. The van der Waals surface area contributed by atoms with E-state index in [1.807, 2.05) is 30.3 Å². The minimum Gasteiger partial charge on any atom is -0.481 e. The van der Waals surface area contributed by atoms with Crippen LogP contribution >= 0.6 is 0 Å². The van der Waals surface area contributed by atoms with Crippen LogP contribution in [0.1, 0.15) is 42.6 Å². The zero-order chi connectivity index (χ0) is 20.8. The number of likely N-dealkylation sites (tertiary alicyclic amines) is 1. The summed E-state index contributed by atoms with van der Waals surface area (Å²) < 4.78 is 5.68. The van der Waals surface area contributed by atoms with Crippen molar-refractivity contribution in [3.63, 3.8) is 0 Å². The lowest BCUT2D eigenvalue weighted by atomic mass is 10.0. The molecule has 0 aliphatic carbocycles. The lowest BCUT2D eigenvalue weighted by Gasteiger charge is -2.33. The second-order valence-corrected chi connectivity index (χ2v) is 7.29. The third kappa shape index (κ3) is 5.44. The van der Waals surface area contributed by atoms with Gasteiger partial charge in [0.1, 0.15) is 11.8 Å². The van der Waals surface area contributed by atoms with Crippen molar-refractivity contribution in [2.24, 2.45) is 0 Å². The lowest BCUT2D eigenvalue weighted by Crippen LogP contribution is -2.54. The van der Waals surface area contributed by atoms with E-state index in [2.05, 4.69) is 5.32 Å². The molecule has 0 aromatic heterocycles. The molecule has 2 unspecified atom stereocenters. The van der Waals surface area contributed by atoms with Crippen molar-refractivity contribution in [3.05, 3.63) is 65.7 Å². The van der Waals surface area contributed by atoms with Crippen LogP contribution in [0, 0.1) is 0 Å². The summed E-state index contributed by atoms with van der Waals surface area (Å²) in [7, 11) is 0. The normalized spacial score (nSPS) is 17.5. The molecule has 29 heavy (non-hydrogen) atoms. The van der Waals surface area contributed by atoms with Crippen molar-refractivity contribution in [2.75, 3.05) is 6.54 Å². The van der Waals surface area contributed by atoms with E-state index in [0.29, 0.717) is 30.8 Å². The molecule has 1 heterocycles. The zero-order valence-electron chi connectivity index (χ0n) is 16.8. The van der Waals surface area contributed by atoms with E-state index in [0.717, 1.165) is 12.0 Å². The smallest absolute Gasteiger partial charge is 0.261 e. The molecule has 1 saturated heterocycles. The second kappa shape index (κ2) is 9.37. The summed E-state index contributed by atoms with van der Waals surface area (Å²) in [5, 5.41) is 2.82. The van der Waals surface area contributed by atoms with Gasteiger partial charge in [-0.3, -0.25) is 14.4 Å². The highest BCUT2D eigenvalue weighted by atomic mass is 16.5. The molecule has 0 radical (unpaired) electrons. The number of ether oxygens (including phenoxy) is 1. The Morgan fingerprint density at radius 1 is 1.17 bits per heavy atom. The third-order valence-electron chi connectivity index (χ3n) is 4.99. The summed E-state index contributed by atoms with van der Waals surface area (Å²) in [4.78, 5) is 38.7. The molecule has 2 amide bonds. The number of carbonyl (C=O) groups is 3. The van der Waals surface area contributed by atoms with Crippen LogP contribution in [0.3, 0.4) is 0 Å². The molecule has 2 atom stereocenters. The van der Waals surface area contributed by atoms with Crippen molar-refractivity contribution in [2.45, 2.75) is 45.4 Å². The van der Waals surface area contributed by atoms with Gasteiger partial charge in [0.15, 0.2) is 11.9 Å². The Morgan fingerprint density at radius 2 is 1.93 bits per heavy atom. The molecule has 1 N–H and O–H groups in total. The molecule has 1 aliphatic heterocycles. The minimum atomic E-state index is -0.783. The highest BCUT2D eigenvalue weighted by Crippen LogP contribution is 2.17. The first-order valence-corrected chi connectivity index (χ1v) is 9.85. The number of benzene rings is 2. The molecule has 2 aromatic carbocycles. The molecular weight excluding hydrogens is 368 g/mol. The molecule has 1 fully saturated rings. The molecule has 3 rings (SSSR count). The molecule has 6 heteroatoms. The molecule has 1 aliphatic rings. The molecular formula is C23H26N2O4. The molecule has 152 valence electrons. The van der Waals surface area contributed by atoms with Crippen LogP contribution in [0.5, 0.6) is 5.75 Å². The van der Waals surface area contributed by atoms with E-state index in [9.17, 15) is 14.4 Å². The number of carbonyl (C=O) groups excluding carboxylic acids is 3. The average molecular weight is 394 g/mol. The van der Waals surface area contributed by atoms with Crippen molar-refractivity contribution in [3.8, 4) is 5.75 Å². The van der Waals surface area contributed by atoms with Crippen LogP contribution in [0.2, 0.25) is 0 Å². The number of ketones is 1. The van der Waals surface area contributed by atoms with Crippen LogP contribution in [0.15, 0.2) is 54.6 Å². The summed E-state index contributed by atoms with van der Waals surface area (Å²) in [6.07, 6.45) is 0.663. The van der Waals surface area contributed by atoms with Crippen LogP contribution < -0.4 is 10.1 Å². The van der Waals surface area contributed by atoms with Gasteiger partial charge in [0.05, 0.1) is 0 Å². The Balaban J connectivity index is 1.58. The maximum absolute atomic E-state index is 12.8. The van der Waals surface area contributed by atoms with Gasteiger partial charge < -0.3 is 15.0 Å². The van der Waals surface area contributed by atoms with Crippen LogP contribution in [-0.2, 0) is 16.1 Å². The van der Waals surface area contributed by atoms with Crippen LogP contribution in [0.4, 0.5) is 0 Å². The van der Waals surface area contributed by atoms with Gasteiger partial charge in [-0.05, 0) is 44.4 Å². The summed E-state index contributed by atoms with van der Waals surface area (Å²) in [5.41, 5.74) is 1.59. The number of nitrogens with zero attached hydrogens (tertiary/aromatic N) is 1. The van der Waals surface area contributed by atoms with Crippen LogP contribution in [0.25, 0.3) is 0 Å². The largest absolute Gasteiger partial charge is 0.481 e. The van der Waals surface area contributed by atoms with E-state index in [1.165, 1.54) is 6.92 Å². The first-order valence-electron chi connectivity index (χ1n) is 9.85. The Labute approximate surface area is 170 Å². The molecule has 0 bridgehead atoms. The number of nitrogens with one attached hydrogen (secondary N) is 1. The summed E-state index contributed by atoms with van der Waals surface area (Å²) in [5.74, 6) is -0.0442. The predicted octanol–water partition coefficient (Wildman–Crippen LogP) is 2.96. The predicted molar refractivity (Wildman–Crippen MR) is 110 cm³/mol. The maximum Gasteiger partial charge on any atom is 0.261 e. The number of amides is 2. The fourth-order valence-electron chi connectivity index (χ4n) is 3.37. The Kier molecular flexibility index (Phi) is 6.65. The van der Waals surface area contributed by atoms with E-state index in [4.69, 9.17) is 4.74 Å². The van der Waals surface area contributed by atoms with Crippen molar-refractivity contribution >= 4 is 17.6 Å². The van der Waals surface area contributed by atoms with E-state index >= 15 is 0 Å². The first-order chi connectivity index (χ1) is 13.9. The van der Waals surface area contributed by atoms with Crippen molar-refractivity contribution in [1.82, 2.24) is 10.2 Å². The molecule has 2 aromatic rings. The van der Waals surface area contributed by atoms with Gasteiger partial charge in [-0.2, -0.15) is 0 Å². The number of Topliss-reactive ketones (excluding diaryl/α,β-unsaturated/α-hetero) is 1. The van der Waals surface area contributed by atoms with Gasteiger partial charge in [0, 0.05) is 18.7 Å². The SMILES string of the molecule is CC(=O)c1cccc(OC(C)C(=O)NC2CCCN(Cc3ccccc3)C2=O)c1. The third-order valence-corrected chi connectivity index (χ3v) is 4.99. The number of piperidine rings is 1. The van der Waals surface area contributed by atoms with Crippen molar-refractivity contribution in [1.29, 1.82) is 0 Å². The second-order valence-electron chi connectivity index (χ2n) is 7.29. The van der Waals surface area contributed by atoms with Gasteiger partial charge in [-0.1, -0.05) is 42.5 Å². The Bertz CT molecular complexity index is 881. The van der Waals surface area contributed by atoms with Gasteiger partial charge in [0.2, 0.25) is 5.91 Å². The lowest BCUT2D eigenvalue weighted by molar-refractivity contribution is -0.140. The first kappa shape index (κ1) is 20.6. The summed E-state index contributed by atoms with van der Waals surface area (Å²) >= 11 is 0. The molecule has 6 nitrogen and oxygen atoms in total. The topological polar surface area (TPSA) is 75.7 Å². The fourth-order valence-corrected chi connectivity index (χ4v) is 3.37. The highest BCUT2D eigenvalue weighted by Gasteiger charge is 2.31. The standard InChI is InChI=1S/C23H26N2O4/c1-16(26)19-10-6-11-20(14-19)29-17(2)22(27)24-21-12-7-13-25(23(21)28)15-18-8-4-3-5-9-18/h3-6,8-11,14,17,21H,7,12-13,15H2,1-2H3,(H,24,27). The summed E-state index contributed by atoms with van der Waals surface area (Å²) in [6.45, 7) is 4.33. The molecule has 0 spiro atoms. The van der Waals surface area contributed by atoms with Gasteiger partial charge >= 0.3 is 0 Å². The van der Waals surface area contributed by atoms with Gasteiger partial charge in [0.25, 0.3) is 5.91 Å². The minimum absolute atomic E-state index is 0.0702. The van der Waals surface area contributed by atoms with E-state index < -0.39 is 12.1 Å². The highest BCUT2D eigenvalue weighted by molar-refractivity contribution is 5.94. The number of rotatable bonds is 7. The quantitative estimate of drug-likeness (QED) is 0.733.